The smallest absolute Gasteiger partial charge is 0.120 e. The Balaban J connectivity index is 1.86. The van der Waals surface area contributed by atoms with Crippen LogP contribution in [0.4, 0.5) is 0 Å². The number of fused-ring (bicyclic) bond motifs is 2. The highest BCUT2D eigenvalue weighted by molar-refractivity contribution is 9.10. The highest BCUT2D eigenvalue weighted by Gasteiger charge is 2.40. The van der Waals surface area contributed by atoms with Crippen molar-refractivity contribution in [2.24, 2.45) is 5.92 Å². The summed E-state index contributed by atoms with van der Waals surface area (Å²) in [5.41, 5.74) is 1.05. The topological polar surface area (TPSA) is 23.5 Å². The zero-order valence-electron chi connectivity index (χ0n) is 10.1. The Morgan fingerprint density at radius 3 is 2.88 bits per heavy atom. The molecule has 2 bridgehead atoms. The lowest BCUT2D eigenvalue weighted by Crippen LogP contribution is -2.34. The molecule has 1 saturated carbocycles. The molecule has 0 amide bonds. The van der Waals surface area contributed by atoms with E-state index in [1.54, 1.807) is 6.07 Å². The first-order chi connectivity index (χ1) is 8.15. The summed E-state index contributed by atoms with van der Waals surface area (Å²) >= 11 is 3.48. The zero-order valence-corrected chi connectivity index (χ0v) is 11.7. The molecule has 1 heterocycles. The molecule has 3 rings (SSSR count). The van der Waals surface area contributed by atoms with Crippen molar-refractivity contribution in [1.29, 1.82) is 0 Å². The molecule has 1 aliphatic carbocycles. The third-order valence-electron chi connectivity index (χ3n) is 4.39. The van der Waals surface area contributed by atoms with E-state index in [0.717, 1.165) is 22.0 Å². The lowest BCUT2D eigenvalue weighted by atomic mass is 10.0. The Hall–Kier alpha value is -0.540. The van der Waals surface area contributed by atoms with Gasteiger partial charge in [-0.1, -0.05) is 15.9 Å². The van der Waals surface area contributed by atoms with Crippen LogP contribution in [0.1, 0.15) is 37.8 Å². The number of hydrogen-bond donors (Lipinski definition) is 1. The average molecular weight is 296 g/mol. The highest BCUT2D eigenvalue weighted by atomic mass is 79.9. The first-order valence-electron chi connectivity index (χ1n) is 6.39. The number of hydrogen-bond acceptors (Lipinski definition) is 2. The number of aromatic hydroxyl groups is 1. The number of benzene rings is 1. The number of rotatable bonds is 2. The Labute approximate surface area is 111 Å². The zero-order chi connectivity index (χ0) is 12.0. The van der Waals surface area contributed by atoms with Crippen LogP contribution in [-0.4, -0.2) is 22.6 Å². The molecule has 17 heavy (non-hydrogen) atoms. The molecule has 2 fully saturated rings. The third kappa shape index (κ3) is 2.00. The van der Waals surface area contributed by atoms with Crippen molar-refractivity contribution in [1.82, 2.24) is 4.90 Å². The predicted octanol–water partition coefficient (Wildman–Crippen LogP) is 3.70. The fourth-order valence-corrected chi connectivity index (χ4v) is 3.85. The summed E-state index contributed by atoms with van der Waals surface area (Å²) in [5, 5.41) is 9.99. The summed E-state index contributed by atoms with van der Waals surface area (Å²) in [6.07, 6.45) is 4.10. The summed E-state index contributed by atoms with van der Waals surface area (Å²) in [5.74, 6) is 1.32. The minimum atomic E-state index is 0.322. The second-order valence-electron chi connectivity index (χ2n) is 5.41. The van der Waals surface area contributed by atoms with Gasteiger partial charge in [-0.25, -0.2) is 0 Å². The van der Waals surface area contributed by atoms with E-state index in [4.69, 9.17) is 0 Å². The van der Waals surface area contributed by atoms with Crippen LogP contribution >= 0.6 is 15.9 Å². The van der Waals surface area contributed by atoms with Crippen LogP contribution in [0.15, 0.2) is 22.7 Å². The molecule has 3 heteroatoms. The van der Waals surface area contributed by atoms with Gasteiger partial charge in [0.25, 0.3) is 0 Å². The molecular weight excluding hydrogens is 278 g/mol. The van der Waals surface area contributed by atoms with E-state index in [1.165, 1.54) is 25.8 Å². The normalized spacial score (nSPS) is 29.8. The molecule has 1 aliphatic heterocycles. The minimum absolute atomic E-state index is 0.322. The second kappa shape index (κ2) is 4.29. The molecule has 1 aromatic carbocycles. The van der Waals surface area contributed by atoms with Crippen LogP contribution in [0.5, 0.6) is 5.75 Å². The molecule has 1 saturated heterocycles. The van der Waals surface area contributed by atoms with E-state index in [0.29, 0.717) is 11.8 Å². The third-order valence-corrected chi connectivity index (χ3v) is 4.88. The van der Waals surface area contributed by atoms with Crippen molar-refractivity contribution in [2.75, 3.05) is 6.54 Å². The van der Waals surface area contributed by atoms with Gasteiger partial charge in [-0.15, -0.1) is 0 Å². The summed E-state index contributed by atoms with van der Waals surface area (Å²) in [6, 6.07) is 6.79. The Morgan fingerprint density at radius 1 is 1.41 bits per heavy atom. The number of phenols is 1. The molecule has 3 atom stereocenters. The standard InChI is InChI=1S/C14H18BrNO/c1-9(13-7-11(15)3-5-14(13)17)16-8-10-2-4-12(16)6-10/h3,5,7,9-10,12,17H,2,4,6,8H2,1H3. The summed E-state index contributed by atoms with van der Waals surface area (Å²) < 4.78 is 1.04. The van der Waals surface area contributed by atoms with Gasteiger partial charge >= 0.3 is 0 Å². The van der Waals surface area contributed by atoms with Crippen LogP contribution in [0.2, 0.25) is 0 Å². The first-order valence-corrected chi connectivity index (χ1v) is 7.18. The van der Waals surface area contributed by atoms with Gasteiger partial charge in [0.2, 0.25) is 0 Å². The monoisotopic (exact) mass is 295 g/mol. The first kappa shape index (κ1) is 11.5. The Bertz CT molecular complexity index is 434. The van der Waals surface area contributed by atoms with Crippen molar-refractivity contribution in [3.8, 4) is 5.75 Å². The van der Waals surface area contributed by atoms with Crippen LogP contribution < -0.4 is 0 Å². The van der Waals surface area contributed by atoms with E-state index in [-0.39, 0.29) is 0 Å². The number of piperidine rings is 1. The number of likely N-dealkylation sites (tertiary alicyclic amines) is 1. The fraction of sp³-hybridized carbons (Fsp3) is 0.571. The molecule has 1 aromatic rings. The SMILES string of the molecule is CC(c1cc(Br)ccc1O)N1CC2CCC1C2. The summed E-state index contributed by atoms with van der Waals surface area (Å²) in [4.78, 5) is 2.57. The molecule has 0 radical (unpaired) electrons. The molecule has 92 valence electrons. The van der Waals surface area contributed by atoms with Crippen LogP contribution in [0.3, 0.4) is 0 Å². The van der Waals surface area contributed by atoms with Crippen LogP contribution in [-0.2, 0) is 0 Å². The molecular formula is C14H18BrNO. The van der Waals surface area contributed by atoms with Gasteiger partial charge in [0.05, 0.1) is 0 Å². The van der Waals surface area contributed by atoms with Gasteiger partial charge < -0.3 is 5.11 Å². The van der Waals surface area contributed by atoms with Crippen molar-refractivity contribution in [3.05, 3.63) is 28.2 Å². The molecule has 0 aromatic heterocycles. The van der Waals surface area contributed by atoms with E-state index >= 15 is 0 Å². The number of nitrogens with zero attached hydrogens (tertiary/aromatic N) is 1. The molecule has 3 unspecified atom stereocenters. The van der Waals surface area contributed by atoms with E-state index in [9.17, 15) is 5.11 Å². The van der Waals surface area contributed by atoms with Gasteiger partial charge in [0, 0.05) is 28.7 Å². The van der Waals surface area contributed by atoms with E-state index in [1.807, 2.05) is 12.1 Å². The van der Waals surface area contributed by atoms with E-state index < -0.39 is 0 Å². The average Bonchev–Trinajstić information content (AvgIpc) is 2.93. The molecule has 2 nitrogen and oxygen atoms in total. The van der Waals surface area contributed by atoms with Gasteiger partial charge in [-0.2, -0.15) is 0 Å². The lowest BCUT2D eigenvalue weighted by molar-refractivity contribution is 0.158. The van der Waals surface area contributed by atoms with Gasteiger partial charge in [0.15, 0.2) is 0 Å². The summed E-state index contributed by atoms with van der Waals surface area (Å²) in [7, 11) is 0. The number of halogens is 1. The van der Waals surface area contributed by atoms with Crippen molar-refractivity contribution >= 4 is 15.9 Å². The summed E-state index contributed by atoms with van der Waals surface area (Å²) in [6.45, 7) is 3.42. The maximum absolute atomic E-state index is 9.99. The second-order valence-corrected chi connectivity index (χ2v) is 6.32. The predicted molar refractivity (Wildman–Crippen MR) is 72.1 cm³/mol. The fourth-order valence-electron chi connectivity index (χ4n) is 3.48. The quantitative estimate of drug-likeness (QED) is 0.899. The van der Waals surface area contributed by atoms with Crippen LogP contribution in [0.25, 0.3) is 0 Å². The van der Waals surface area contributed by atoms with E-state index in [2.05, 4.69) is 27.8 Å². The van der Waals surface area contributed by atoms with Gasteiger partial charge in [-0.3, -0.25) is 4.90 Å². The minimum Gasteiger partial charge on any atom is -0.508 e. The largest absolute Gasteiger partial charge is 0.508 e. The van der Waals surface area contributed by atoms with Crippen molar-refractivity contribution in [3.63, 3.8) is 0 Å². The molecule has 2 aliphatic rings. The highest BCUT2D eigenvalue weighted by Crippen LogP contribution is 2.43. The molecule has 0 spiro atoms. The maximum atomic E-state index is 9.99. The molecule has 1 N–H and O–H groups in total. The van der Waals surface area contributed by atoms with Crippen LogP contribution in [0, 0.1) is 5.92 Å². The Morgan fingerprint density at radius 2 is 2.24 bits per heavy atom. The van der Waals surface area contributed by atoms with Gasteiger partial charge in [-0.05, 0) is 50.3 Å². The maximum Gasteiger partial charge on any atom is 0.120 e. The van der Waals surface area contributed by atoms with Crippen molar-refractivity contribution in [2.45, 2.75) is 38.3 Å². The van der Waals surface area contributed by atoms with Crippen molar-refractivity contribution < 1.29 is 5.11 Å². The van der Waals surface area contributed by atoms with Gasteiger partial charge in [0.1, 0.15) is 5.75 Å². The number of phenolic OH excluding ortho intramolecular Hbond substituents is 1. The lowest BCUT2D eigenvalue weighted by Gasteiger charge is -2.33. The Kier molecular flexibility index (Phi) is 2.91.